The lowest BCUT2D eigenvalue weighted by Gasteiger charge is -2.30. The average Bonchev–Trinajstić information content (AvgIpc) is 2.54. The van der Waals surface area contributed by atoms with Crippen molar-refractivity contribution < 1.29 is 9.47 Å². The molecule has 2 aromatic rings. The first kappa shape index (κ1) is 17.7. The summed E-state index contributed by atoms with van der Waals surface area (Å²) in [6, 6.07) is 20.6. The van der Waals surface area contributed by atoms with E-state index in [0.717, 1.165) is 0 Å². The number of hydrogen-bond donors (Lipinski definition) is 0. The van der Waals surface area contributed by atoms with Gasteiger partial charge in [0.15, 0.2) is 0 Å². The van der Waals surface area contributed by atoms with Gasteiger partial charge in [-0.3, -0.25) is 0 Å². The van der Waals surface area contributed by atoms with Crippen LogP contribution in [0.4, 0.5) is 0 Å². The summed E-state index contributed by atoms with van der Waals surface area (Å²) >= 11 is 0. The van der Waals surface area contributed by atoms with E-state index in [-0.39, 0.29) is 5.41 Å². The molecule has 0 aliphatic carbocycles. The van der Waals surface area contributed by atoms with E-state index in [1.54, 1.807) is 0 Å². The third-order valence-corrected chi connectivity index (χ3v) is 4.09. The molecule has 2 aromatic carbocycles. The van der Waals surface area contributed by atoms with Crippen molar-refractivity contribution in [3.8, 4) is 0 Å². The van der Waals surface area contributed by atoms with Gasteiger partial charge in [0.05, 0.1) is 26.4 Å². The molecule has 2 rings (SSSR count). The standard InChI is InChI=1S/C21H28O2/c1-21(2,3)20(16-22-14-18-10-6-4-7-11-18)17-23-15-19-12-8-5-9-13-19/h4-13,20H,14-17H2,1-3H3. The Morgan fingerprint density at radius 1 is 0.696 bits per heavy atom. The van der Waals surface area contributed by atoms with Crippen LogP contribution in [-0.2, 0) is 22.7 Å². The van der Waals surface area contributed by atoms with Crippen LogP contribution in [0.2, 0.25) is 0 Å². The van der Waals surface area contributed by atoms with Crippen LogP contribution in [0.5, 0.6) is 0 Å². The van der Waals surface area contributed by atoms with Gasteiger partial charge in [0.1, 0.15) is 0 Å². The SMILES string of the molecule is CC(C)(C)C(COCc1ccccc1)COCc1ccccc1. The average molecular weight is 312 g/mol. The smallest absolute Gasteiger partial charge is 0.0717 e. The van der Waals surface area contributed by atoms with Crippen molar-refractivity contribution in [2.45, 2.75) is 34.0 Å². The molecule has 0 spiro atoms. The van der Waals surface area contributed by atoms with Crippen LogP contribution in [0.1, 0.15) is 31.9 Å². The van der Waals surface area contributed by atoms with E-state index in [0.29, 0.717) is 32.3 Å². The molecule has 0 fully saturated rings. The number of benzene rings is 2. The summed E-state index contributed by atoms with van der Waals surface area (Å²) < 4.78 is 11.9. The highest BCUT2D eigenvalue weighted by atomic mass is 16.5. The van der Waals surface area contributed by atoms with Gasteiger partial charge in [-0.05, 0) is 16.5 Å². The fraction of sp³-hybridized carbons (Fsp3) is 0.429. The summed E-state index contributed by atoms with van der Waals surface area (Å²) in [5.41, 5.74) is 2.59. The molecule has 0 N–H and O–H groups in total. The molecule has 0 aliphatic heterocycles. The summed E-state index contributed by atoms with van der Waals surface area (Å²) in [6.45, 7) is 9.48. The van der Waals surface area contributed by atoms with Crippen molar-refractivity contribution in [2.75, 3.05) is 13.2 Å². The lowest BCUT2D eigenvalue weighted by Crippen LogP contribution is -2.29. The van der Waals surface area contributed by atoms with Crippen LogP contribution < -0.4 is 0 Å². The molecular formula is C21H28O2. The Bertz CT molecular complexity index is 498. The molecule has 0 saturated carbocycles. The van der Waals surface area contributed by atoms with Gasteiger partial charge in [-0.2, -0.15) is 0 Å². The molecule has 0 atom stereocenters. The van der Waals surface area contributed by atoms with Crippen LogP contribution in [0.15, 0.2) is 60.7 Å². The molecule has 0 aliphatic rings. The molecule has 0 heterocycles. The van der Waals surface area contributed by atoms with Gasteiger partial charge in [-0.15, -0.1) is 0 Å². The second kappa shape index (κ2) is 8.85. The zero-order valence-corrected chi connectivity index (χ0v) is 14.5. The Morgan fingerprint density at radius 3 is 1.43 bits per heavy atom. The van der Waals surface area contributed by atoms with Crippen molar-refractivity contribution in [1.29, 1.82) is 0 Å². The maximum Gasteiger partial charge on any atom is 0.0717 e. The Hall–Kier alpha value is -1.64. The molecule has 0 unspecified atom stereocenters. The van der Waals surface area contributed by atoms with Crippen molar-refractivity contribution in [3.63, 3.8) is 0 Å². The second-order valence-corrected chi connectivity index (χ2v) is 7.06. The van der Waals surface area contributed by atoms with Crippen LogP contribution in [0, 0.1) is 11.3 Å². The minimum absolute atomic E-state index is 0.160. The molecule has 124 valence electrons. The van der Waals surface area contributed by atoms with Crippen molar-refractivity contribution in [2.24, 2.45) is 11.3 Å². The Labute approximate surface area is 140 Å². The topological polar surface area (TPSA) is 18.5 Å². The Morgan fingerprint density at radius 2 is 1.09 bits per heavy atom. The normalized spacial score (nSPS) is 11.8. The first-order valence-electron chi connectivity index (χ1n) is 8.29. The molecule has 23 heavy (non-hydrogen) atoms. The van der Waals surface area contributed by atoms with Crippen molar-refractivity contribution in [3.05, 3.63) is 71.8 Å². The lowest BCUT2D eigenvalue weighted by molar-refractivity contribution is -0.0142. The molecule has 0 aromatic heterocycles. The van der Waals surface area contributed by atoms with E-state index in [9.17, 15) is 0 Å². The lowest BCUT2D eigenvalue weighted by atomic mass is 9.82. The van der Waals surface area contributed by atoms with Gasteiger partial charge in [0, 0.05) is 5.92 Å². The molecule has 0 bridgehead atoms. The predicted molar refractivity (Wildman–Crippen MR) is 95.1 cm³/mol. The van der Waals surface area contributed by atoms with Crippen LogP contribution >= 0.6 is 0 Å². The molecule has 0 amide bonds. The fourth-order valence-electron chi connectivity index (χ4n) is 2.33. The van der Waals surface area contributed by atoms with Crippen LogP contribution in [0.3, 0.4) is 0 Å². The summed E-state index contributed by atoms with van der Waals surface area (Å²) in [4.78, 5) is 0. The van der Waals surface area contributed by atoms with Gasteiger partial charge in [0.2, 0.25) is 0 Å². The van der Waals surface area contributed by atoms with E-state index in [1.807, 2.05) is 36.4 Å². The van der Waals surface area contributed by atoms with E-state index in [2.05, 4.69) is 45.0 Å². The predicted octanol–water partition coefficient (Wildman–Crippen LogP) is 5.08. The second-order valence-electron chi connectivity index (χ2n) is 7.06. The first-order chi connectivity index (χ1) is 11.1. The molecule has 0 saturated heterocycles. The van der Waals surface area contributed by atoms with E-state index < -0.39 is 0 Å². The van der Waals surface area contributed by atoms with E-state index in [4.69, 9.17) is 9.47 Å². The highest BCUT2D eigenvalue weighted by Gasteiger charge is 2.25. The monoisotopic (exact) mass is 312 g/mol. The number of rotatable bonds is 8. The minimum atomic E-state index is 0.160. The summed E-state index contributed by atoms with van der Waals surface area (Å²) in [6.07, 6.45) is 0. The fourth-order valence-corrected chi connectivity index (χ4v) is 2.33. The van der Waals surface area contributed by atoms with Gasteiger partial charge in [-0.25, -0.2) is 0 Å². The van der Waals surface area contributed by atoms with Crippen LogP contribution in [0.25, 0.3) is 0 Å². The minimum Gasteiger partial charge on any atom is -0.376 e. The third-order valence-electron chi connectivity index (χ3n) is 4.09. The molecular weight excluding hydrogens is 284 g/mol. The zero-order valence-electron chi connectivity index (χ0n) is 14.5. The highest BCUT2D eigenvalue weighted by Crippen LogP contribution is 2.27. The highest BCUT2D eigenvalue weighted by molar-refractivity contribution is 5.14. The van der Waals surface area contributed by atoms with Crippen molar-refractivity contribution >= 4 is 0 Å². The Kier molecular flexibility index (Phi) is 6.82. The maximum atomic E-state index is 5.93. The van der Waals surface area contributed by atoms with Gasteiger partial charge >= 0.3 is 0 Å². The summed E-state index contributed by atoms with van der Waals surface area (Å²) in [7, 11) is 0. The van der Waals surface area contributed by atoms with E-state index in [1.165, 1.54) is 11.1 Å². The zero-order chi connectivity index (χ0) is 16.5. The quantitative estimate of drug-likeness (QED) is 0.676. The van der Waals surface area contributed by atoms with Crippen molar-refractivity contribution in [1.82, 2.24) is 0 Å². The first-order valence-corrected chi connectivity index (χ1v) is 8.29. The van der Waals surface area contributed by atoms with Gasteiger partial charge < -0.3 is 9.47 Å². The van der Waals surface area contributed by atoms with Crippen LogP contribution in [-0.4, -0.2) is 13.2 Å². The number of ether oxygens (including phenoxy) is 2. The summed E-state index contributed by atoms with van der Waals surface area (Å²) in [5, 5.41) is 0. The molecule has 2 heteroatoms. The van der Waals surface area contributed by atoms with E-state index >= 15 is 0 Å². The largest absolute Gasteiger partial charge is 0.376 e. The van der Waals surface area contributed by atoms with Gasteiger partial charge in [-0.1, -0.05) is 81.4 Å². The molecule has 0 radical (unpaired) electrons. The Balaban J connectivity index is 1.78. The number of hydrogen-bond acceptors (Lipinski definition) is 2. The molecule has 2 nitrogen and oxygen atoms in total. The van der Waals surface area contributed by atoms with Gasteiger partial charge in [0.25, 0.3) is 0 Å². The maximum absolute atomic E-state index is 5.93. The third kappa shape index (κ3) is 6.55. The summed E-state index contributed by atoms with van der Waals surface area (Å²) in [5.74, 6) is 0.370.